The monoisotopic (exact) mass is 264 g/mol. The SMILES string of the molecule is CC(C)=CCOc1ccc(/C=C\c2ccccc2)cc1. The summed E-state index contributed by atoms with van der Waals surface area (Å²) in [6.45, 7) is 4.77. The van der Waals surface area contributed by atoms with Crippen molar-refractivity contribution in [2.75, 3.05) is 6.61 Å². The topological polar surface area (TPSA) is 9.23 Å². The molecule has 0 aliphatic heterocycles. The molecule has 0 bridgehead atoms. The lowest BCUT2D eigenvalue weighted by molar-refractivity contribution is 0.362. The van der Waals surface area contributed by atoms with Crippen molar-refractivity contribution in [3.8, 4) is 5.75 Å². The van der Waals surface area contributed by atoms with Crippen molar-refractivity contribution >= 4 is 12.2 Å². The van der Waals surface area contributed by atoms with Gasteiger partial charge in [-0.05, 0) is 43.2 Å². The first kappa shape index (κ1) is 14.1. The highest BCUT2D eigenvalue weighted by Gasteiger charge is 1.92. The van der Waals surface area contributed by atoms with Crippen LogP contribution in [-0.4, -0.2) is 6.61 Å². The zero-order valence-electron chi connectivity index (χ0n) is 12.0. The van der Waals surface area contributed by atoms with E-state index in [1.807, 2.05) is 30.3 Å². The number of ether oxygens (including phenoxy) is 1. The van der Waals surface area contributed by atoms with Gasteiger partial charge in [0.2, 0.25) is 0 Å². The Kier molecular flexibility index (Phi) is 5.19. The van der Waals surface area contributed by atoms with Gasteiger partial charge in [-0.3, -0.25) is 0 Å². The smallest absolute Gasteiger partial charge is 0.119 e. The van der Waals surface area contributed by atoms with Crippen LogP contribution in [0.15, 0.2) is 66.2 Å². The summed E-state index contributed by atoms with van der Waals surface area (Å²) in [5, 5.41) is 0. The molecule has 0 aliphatic carbocycles. The van der Waals surface area contributed by atoms with Gasteiger partial charge in [-0.2, -0.15) is 0 Å². The molecule has 0 fully saturated rings. The molecule has 0 aliphatic rings. The molecule has 0 amide bonds. The quantitative estimate of drug-likeness (QED) is 0.532. The molecule has 1 heteroatoms. The minimum atomic E-state index is 0.627. The predicted octanol–water partition coefficient (Wildman–Crippen LogP) is 5.20. The van der Waals surface area contributed by atoms with E-state index in [0.29, 0.717) is 6.61 Å². The van der Waals surface area contributed by atoms with Gasteiger partial charge in [0.15, 0.2) is 0 Å². The molecular formula is C19H20O. The van der Waals surface area contributed by atoms with Gasteiger partial charge in [0.05, 0.1) is 0 Å². The Bertz CT molecular complexity index is 573. The Morgan fingerprint density at radius 3 is 2.05 bits per heavy atom. The average Bonchev–Trinajstić information content (AvgIpc) is 2.47. The second-order valence-electron chi connectivity index (χ2n) is 4.91. The van der Waals surface area contributed by atoms with Crippen LogP contribution < -0.4 is 4.74 Å². The third-order valence-electron chi connectivity index (χ3n) is 2.89. The third kappa shape index (κ3) is 4.77. The van der Waals surface area contributed by atoms with Crippen LogP contribution in [0.25, 0.3) is 12.2 Å². The summed E-state index contributed by atoms with van der Waals surface area (Å²) in [6.07, 6.45) is 6.29. The summed E-state index contributed by atoms with van der Waals surface area (Å²) < 4.78 is 5.63. The predicted molar refractivity (Wildman–Crippen MR) is 86.7 cm³/mol. The molecule has 0 spiro atoms. The highest BCUT2D eigenvalue weighted by Crippen LogP contribution is 2.14. The van der Waals surface area contributed by atoms with Gasteiger partial charge in [0.25, 0.3) is 0 Å². The summed E-state index contributed by atoms with van der Waals surface area (Å²) in [7, 11) is 0. The highest BCUT2D eigenvalue weighted by molar-refractivity contribution is 5.69. The lowest BCUT2D eigenvalue weighted by Crippen LogP contribution is -1.93. The van der Waals surface area contributed by atoms with Crippen molar-refractivity contribution in [1.82, 2.24) is 0 Å². The van der Waals surface area contributed by atoms with Crippen LogP contribution in [-0.2, 0) is 0 Å². The summed E-state index contributed by atoms with van der Waals surface area (Å²) in [4.78, 5) is 0. The normalized spacial score (nSPS) is 10.5. The minimum Gasteiger partial charge on any atom is -0.490 e. The number of allylic oxidation sites excluding steroid dienone is 1. The van der Waals surface area contributed by atoms with Gasteiger partial charge >= 0.3 is 0 Å². The van der Waals surface area contributed by atoms with Crippen molar-refractivity contribution in [3.05, 3.63) is 77.4 Å². The Labute approximate surface area is 121 Å². The average molecular weight is 264 g/mol. The van der Waals surface area contributed by atoms with E-state index < -0.39 is 0 Å². The van der Waals surface area contributed by atoms with E-state index in [9.17, 15) is 0 Å². The molecule has 0 unspecified atom stereocenters. The Morgan fingerprint density at radius 2 is 1.45 bits per heavy atom. The van der Waals surface area contributed by atoms with E-state index in [1.54, 1.807) is 0 Å². The zero-order chi connectivity index (χ0) is 14.2. The third-order valence-corrected chi connectivity index (χ3v) is 2.89. The molecule has 0 saturated carbocycles. The van der Waals surface area contributed by atoms with E-state index in [1.165, 1.54) is 16.7 Å². The van der Waals surface area contributed by atoms with Crippen molar-refractivity contribution in [2.45, 2.75) is 13.8 Å². The number of hydrogen-bond acceptors (Lipinski definition) is 1. The van der Waals surface area contributed by atoms with E-state index in [0.717, 1.165) is 5.75 Å². The van der Waals surface area contributed by atoms with Crippen LogP contribution in [0.3, 0.4) is 0 Å². The van der Waals surface area contributed by atoms with Crippen LogP contribution in [0.1, 0.15) is 25.0 Å². The van der Waals surface area contributed by atoms with Crippen LogP contribution in [0.5, 0.6) is 5.75 Å². The molecule has 0 N–H and O–H groups in total. The fraction of sp³-hybridized carbons (Fsp3) is 0.158. The Morgan fingerprint density at radius 1 is 0.850 bits per heavy atom. The number of benzene rings is 2. The van der Waals surface area contributed by atoms with Gasteiger partial charge in [-0.1, -0.05) is 60.2 Å². The molecule has 0 aromatic heterocycles. The second kappa shape index (κ2) is 7.34. The summed E-state index contributed by atoms with van der Waals surface area (Å²) in [6, 6.07) is 18.4. The van der Waals surface area contributed by atoms with E-state index in [2.05, 4.69) is 56.3 Å². The van der Waals surface area contributed by atoms with Crippen molar-refractivity contribution in [2.24, 2.45) is 0 Å². The number of rotatable bonds is 5. The molecule has 2 aromatic rings. The minimum absolute atomic E-state index is 0.627. The Balaban J connectivity index is 1.95. The van der Waals surface area contributed by atoms with Crippen LogP contribution in [0.4, 0.5) is 0 Å². The van der Waals surface area contributed by atoms with Gasteiger partial charge in [-0.15, -0.1) is 0 Å². The lowest BCUT2D eigenvalue weighted by Gasteiger charge is -2.03. The second-order valence-corrected chi connectivity index (χ2v) is 4.91. The maximum absolute atomic E-state index is 5.63. The molecule has 0 heterocycles. The van der Waals surface area contributed by atoms with Crippen molar-refractivity contribution in [1.29, 1.82) is 0 Å². The van der Waals surface area contributed by atoms with Gasteiger partial charge in [0, 0.05) is 0 Å². The standard InChI is InChI=1S/C19H20O/c1-16(2)14-15-20-19-12-10-18(11-13-19)9-8-17-6-4-3-5-7-17/h3-14H,15H2,1-2H3/b9-8-. The molecule has 2 aromatic carbocycles. The molecule has 0 radical (unpaired) electrons. The molecule has 0 saturated heterocycles. The summed E-state index contributed by atoms with van der Waals surface area (Å²) in [5.74, 6) is 0.902. The molecule has 1 nitrogen and oxygen atoms in total. The van der Waals surface area contributed by atoms with Crippen LogP contribution in [0.2, 0.25) is 0 Å². The fourth-order valence-electron chi connectivity index (χ4n) is 1.74. The van der Waals surface area contributed by atoms with Gasteiger partial charge < -0.3 is 4.74 Å². The van der Waals surface area contributed by atoms with Crippen molar-refractivity contribution in [3.63, 3.8) is 0 Å². The van der Waals surface area contributed by atoms with E-state index in [-0.39, 0.29) is 0 Å². The first-order valence-electron chi connectivity index (χ1n) is 6.83. The zero-order valence-corrected chi connectivity index (χ0v) is 12.0. The fourth-order valence-corrected chi connectivity index (χ4v) is 1.74. The maximum atomic E-state index is 5.63. The Hall–Kier alpha value is -2.28. The first-order valence-corrected chi connectivity index (χ1v) is 6.83. The summed E-state index contributed by atoms with van der Waals surface area (Å²) in [5.41, 5.74) is 3.65. The van der Waals surface area contributed by atoms with Gasteiger partial charge in [0.1, 0.15) is 12.4 Å². The van der Waals surface area contributed by atoms with Gasteiger partial charge in [-0.25, -0.2) is 0 Å². The lowest BCUT2D eigenvalue weighted by atomic mass is 10.1. The molecule has 20 heavy (non-hydrogen) atoms. The molecule has 2 rings (SSSR count). The molecular weight excluding hydrogens is 244 g/mol. The molecule has 0 atom stereocenters. The largest absolute Gasteiger partial charge is 0.490 e. The number of hydrogen-bond donors (Lipinski definition) is 0. The maximum Gasteiger partial charge on any atom is 0.119 e. The van der Waals surface area contributed by atoms with E-state index in [4.69, 9.17) is 4.74 Å². The highest BCUT2D eigenvalue weighted by atomic mass is 16.5. The first-order chi connectivity index (χ1) is 9.74. The van der Waals surface area contributed by atoms with E-state index >= 15 is 0 Å². The van der Waals surface area contributed by atoms with Crippen LogP contribution >= 0.6 is 0 Å². The van der Waals surface area contributed by atoms with Crippen molar-refractivity contribution < 1.29 is 4.74 Å². The van der Waals surface area contributed by atoms with Crippen LogP contribution in [0, 0.1) is 0 Å². The summed E-state index contributed by atoms with van der Waals surface area (Å²) >= 11 is 0. The molecule has 102 valence electrons.